The number of nitrogens with one attached hydrogen (secondary N) is 1. The van der Waals surface area contributed by atoms with Gasteiger partial charge < -0.3 is 20.9 Å². The van der Waals surface area contributed by atoms with E-state index in [-0.39, 0.29) is 18.0 Å². The summed E-state index contributed by atoms with van der Waals surface area (Å²) < 4.78 is 5.80. The highest BCUT2D eigenvalue weighted by Crippen LogP contribution is 2.16. The summed E-state index contributed by atoms with van der Waals surface area (Å²) in [5.41, 5.74) is 5.46. The van der Waals surface area contributed by atoms with Crippen molar-refractivity contribution in [3.63, 3.8) is 0 Å². The monoisotopic (exact) mass is 731 g/mol. The molecule has 52 heavy (non-hydrogen) atoms. The van der Waals surface area contributed by atoms with Crippen LogP contribution in [0.5, 0.6) is 0 Å². The smallest absolute Gasteiger partial charge is 0.326 e. The van der Waals surface area contributed by atoms with Crippen molar-refractivity contribution in [1.29, 1.82) is 0 Å². The number of carbonyl (C=O) groups is 3. The summed E-state index contributed by atoms with van der Waals surface area (Å²) in [5.74, 6) is -1.39. The van der Waals surface area contributed by atoms with E-state index in [2.05, 4.69) is 37.4 Å². The van der Waals surface area contributed by atoms with Gasteiger partial charge in [-0.1, -0.05) is 173 Å². The van der Waals surface area contributed by atoms with Gasteiger partial charge in [-0.25, -0.2) is 4.79 Å². The summed E-state index contributed by atoms with van der Waals surface area (Å²) in [6, 6.07) is -0.873. The minimum absolute atomic E-state index is 0.140. The maximum absolute atomic E-state index is 12.6. The molecule has 0 saturated carbocycles. The van der Waals surface area contributed by atoms with Gasteiger partial charge in [0, 0.05) is 12.8 Å². The van der Waals surface area contributed by atoms with Crippen LogP contribution in [0.4, 0.5) is 0 Å². The fourth-order valence-corrected chi connectivity index (χ4v) is 6.41. The summed E-state index contributed by atoms with van der Waals surface area (Å²) in [4.78, 5) is 36.1. The summed E-state index contributed by atoms with van der Waals surface area (Å²) in [5, 5.41) is 11.9. The van der Waals surface area contributed by atoms with Crippen LogP contribution in [0.25, 0.3) is 0 Å². The van der Waals surface area contributed by atoms with E-state index in [9.17, 15) is 19.5 Å². The van der Waals surface area contributed by atoms with E-state index in [1.807, 2.05) is 18.2 Å². The molecule has 0 aromatic heterocycles. The maximum atomic E-state index is 12.6. The molecule has 0 heterocycles. The Morgan fingerprint density at radius 3 is 1.58 bits per heavy atom. The molecule has 0 radical (unpaired) electrons. The molecule has 0 aromatic rings. The first-order valence-electron chi connectivity index (χ1n) is 21.8. The van der Waals surface area contributed by atoms with Crippen LogP contribution in [0.15, 0.2) is 36.5 Å². The van der Waals surface area contributed by atoms with Crippen LogP contribution in [0.3, 0.4) is 0 Å². The van der Waals surface area contributed by atoms with Crippen molar-refractivity contribution in [2.75, 3.05) is 6.54 Å². The number of hydrogen-bond donors (Lipinski definition) is 3. The molecular formula is C45H82N2O5. The van der Waals surface area contributed by atoms with E-state index in [1.165, 1.54) is 122 Å². The van der Waals surface area contributed by atoms with E-state index < -0.39 is 12.0 Å². The number of ether oxygens (including phenoxy) is 1. The quantitative estimate of drug-likeness (QED) is 0.0329. The number of aliphatic carboxylic acids is 1. The summed E-state index contributed by atoms with van der Waals surface area (Å²) >= 11 is 0. The third-order valence-corrected chi connectivity index (χ3v) is 9.68. The molecule has 0 rings (SSSR count). The lowest BCUT2D eigenvalue weighted by Gasteiger charge is -2.13. The number of carboxylic acid groups (broad SMARTS) is 1. The second-order valence-electron chi connectivity index (χ2n) is 14.7. The van der Waals surface area contributed by atoms with Gasteiger partial charge in [-0.3, -0.25) is 9.59 Å². The minimum Gasteiger partial charge on any atom is -0.480 e. The van der Waals surface area contributed by atoms with Gasteiger partial charge in [-0.05, 0) is 70.1 Å². The SMILES string of the molecule is CC/C=C\C/C=C\C(/C=C\CCCCCC(=O)NC(CCCN)C(=O)O)OC(=O)CCCCCCCCCCCCCCCCCCCCCCC. The van der Waals surface area contributed by atoms with Gasteiger partial charge in [-0.2, -0.15) is 0 Å². The molecular weight excluding hydrogens is 649 g/mol. The second-order valence-corrected chi connectivity index (χ2v) is 14.7. The third-order valence-electron chi connectivity index (χ3n) is 9.68. The van der Waals surface area contributed by atoms with Crippen LogP contribution in [0.2, 0.25) is 0 Å². The third kappa shape index (κ3) is 36.0. The predicted molar refractivity (Wildman–Crippen MR) is 220 cm³/mol. The van der Waals surface area contributed by atoms with Crippen molar-refractivity contribution in [2.45, 2.75) is 225 Å². The molecule has 302 valence electrons. The Balaban J connectivity index is 4.01. The van der Waals surface area contributed by atoms with Crippen LogP contribution in [-0.2, 0) is 19.1 Å². The van der Waals surface area contributed by atoms with Crippen molar-refractivity contribution in [2.24, 2.45) is 5.73 Å². The number of carboxylic acids is 1. The number of esters is 1. The predicted octanol–water partition coefficient (Wildman–Crippen LogP) is 12.2. The lowest BCUT2D eigenvalue weighted by Crippen LogP contribution is -2.40. The number of hydrogen-bond acceptors (Lipinski definition) is 5. The molecule has 0 aromatic carbocycles. The Hall–Kier alpha value is -2.41. The highest BCUT2D eigenvalue weighted by molar-refractivity contribution is 5.83. The zero-order valence-electron chi connectivity index (χ0n) is 33.9. The lowest BCUT2D eigenvalue weighted by atomic mass is 10.0. The number of allylic oxidation sites excluding steroid dienone is 4. The van der Waals surface area contributed by atoms with Crippen LogP contribution >= 0.6 is 0 Å². The molecule has 0 spiro atoms. The van der Waals surface area contributed by atoms with Crippen molar-refractivity contribution in [3.05, 3.63) is 36.5 Å². The zero-order chi connectivity index (χ0) is 38.2. The number of carbonyl (C=O) groups excluding carboxylic acids is 2. The Morgan fingerprint density at radius 2 is 1.08 bits per heavy atom. The summed E-state index contributed by atoms with van der Waals surface area (Å²) in [6.07, 6.45) is 46.9. The second kappa shape index (κ2) is 39.8. The van der Waals surface area contributed by atoms with Gasteiger partial charge >= 0.3 is 11.9 Å². The summed E-state index contributed by atoms with van der Waals surface area (Å²) in [7, 11) is 0. The van der Waals surface area contributed by atoms with Crippen molar-refractivity contribution in [3.8, 4) is 0 Å². The van der Waals surface area contributed by atoms with Crippen molar-refractivity contribution >= 4 is 17.8 Å². The van der Waals surface area contributed by atoms with E-state index in [0.717, 1.165) is 44.9 Å². The molecule has 0 fully saturated rings. The molecule has 0 aliphatic heterocycles. The van der Waals surface area contributed by atoms with E-state index >= 15 is 0 Å². The Labute approximate surface area is 320 Å². The van der Waals surface area contributed by atoms with Crippen LogP contribution < -0.4 is 11.1 Å². The van der Waals surface area contributed by atoms with Crippen LogP contribution in [0, 0.1) is 0 Å². The fraction of sp³-hybridized carbons (Fsp3) is 0.800. The molecule has 7 nitrogen and oxygen atoms in total. The molecule has 2 atom stereocenters. The topological polar surface area (TPSA) is 119 Å². The van der Waals surface area contributed by atoms with Gasteiger partial charge in [0.2, 0.25) is 5.91 Å². The summed E-state index contributed by atoms with van der Waals surface area (Å²) in [6.45, 7) is 4.80. The minimum atomic E-state index is -1.02. The van der Waals surface area contributed by atoms with Crippen LogP contribution in [-0.4, -0.2) is 41.6 Å². The molecule has 0 bridgehead atoms. The molecule has 0 aliphatic carbocycles. The van der Waals surface area contributed by atoms with Gasteiger partial charge in [0.25, 0.3) is 0 Å². The van der Waals surface area contributed by atoms with E-state index in [1.54, 1.807) is 0 Å². The Kier molecular flexibility index (Phi) is 37.9. The number of unbranched alkanes of at least 4 members (excludes halogenated alkanes) is 23. The number of nitrogens with two attached hydrogens (primary N) is 1. The van der Waals surface area contributed by atoms with Crippen molar-refractivity contribution in [1.82, 2.24) is 5.32 Å². The average molecular weight is 731 g/mol. The first-order valence-corrected chi connectivity index (χ1v) is 21.8. The van der Waals surface area contributed by atoms with Crippen LogP contribution in [0.1, 0.15) is 213 Å². The molecule has 1 amide bonds. The van der Waals surface area contributed by atoms with E-state index in [0.29, 0.717) is 38.6 Å². The standard InChI is InChI=1S/C45H82N2O5/c1-3-5-7-9-10-11-12-13-14-15-16-17-18-19-20-21-22-23-24-29-33-39-44(49)52-41(35-30-26-8-6-4-2)36-31-27-25-28-32-38-43(48)47-42(45(50)51)37-34-40-46/h6,8,30-31,35-36,41-42H,3-5,7,9-29,32-34,37-40,46H2,1-2H3,(H,47,48)(H,50,51)/b8-6-,35-30-,36-31-. The molecule has 7 heteroatoms. The maximum Gasteiger partial charge on any atom is 0.326 e. The van der Waals surface area contributed by atoms with Gasteiger partial charge in [0.05, 0.1) is 0 Å². The van der Waals surface area contributed by atoms with Gasteiger partial charge in [0.1, 0.15) is 12.1 Å². The highest BCUT2D eigenvalue weighted by Gasteiger charge is 2.18. The molecule has 4 N–H and O–H groups in total. The average Bonchev–Trinajstić information content (AvgIpc) is 3.13. The fourth-order valence-electron chi connectivity index (χ4n) is 6.41. The molecule has 0 saturated heterocycles. The Bertz CT molecular complexity index is 915. The lowest BCUT2D eigenvalue weighted by molar-refractivity contribution is -0.145. The van der Waals surface area contributed by atoms with E-state index in [4.69, 9.17) is 10.5 Å². The Morgan fingerprint density at radius 1 is 0.596 bits per heavy atom. The first kappa shape index (κ1) is 49.6. The first-order chi connectivity index (χ1) is 25.4. The molecule has 2 unspecified atom stereocenters. The molecule has 0 aliphatic rings. The van der Waals surface area contributed by atoms with Crippen molar-refractivity contribution < 1.29 is 24.2 Å². The number of amides is 1. The highest BCUT2D eigenvalue weighted by atomic mass is 16.5. The number of rotatable bonds is 39. The zero-order valence-corrected chi connectivity index (χ0v) is 33.9. The largest absolute Gasteiger partial charge is 0.480 e. The van der Waals surface area contributed by atoms with Gasteiger partial charge in [0.15, 0.2) is 0 Å². The normalized spacial score (nSPS) is 13.0. The van der Waals surface area contributed by atoms with Gasteiger partial charge in [-0.15, -0.1) is 0 Å².